The number of hydrogen-bond acceptors (Lipinski definition) is 2. The molecule has 1 aliphatic heterocycles. The third-order valence-electron chi connectivity index (χ3n) is 8.10. The van der Waals surface area contributed by atoms with E-state index in [0.717, 1.165) is 24.3 Å². The molecule has 0 aromatic rings. The second-order valence-corrected chi connectivity index (χ2v) is 10.6. The van der Waals surface area contributed by atoms with Crippen molar-refractivity contribution in [2.45, 2.75) is 109 Å². The van der Waals surface area contributed by atoms with Gasteiger partial charge in [-0.3, -0.25) is 0 Å². The molecule has 3 saturated carbocycles. The molecule has 4 N–H and O–H groups in total. The van der Waals surface area contributed by atoms with Crippen LogP contribution in [0.2, 0.25) is 0 Å². The highest BCUT2D eigenvalue weighted by atomic mass is 16.3. The van der Waals surface area contributed by atoms with Crippen LogP contribution in [0, 0.1) is 23.2 Å². The number of fused-ring (bicyclic) bond motifs is 2. The van der Waals surface area contributed by atoms with Crippen molar-refractivity contribution >= 4 is 0 Å². The zero-order valence-electron chi connectivity index (χ0n) is 16.6. The highest BCUT2D eigenvalue weighted by molar-refractivity contribution is 5.02. The first-order valence-electron chi connectivity index (χ1n) is 11.3. The summed E-state index contributed by atoms with van der Waals surface area (Å²) in [6, 6.07) is 2.00. The minimum Gasteiger partial charge on any atom is -0.393 e. The van der Waals surface area contributed by atoms with Crippen molar-refractivity contribution < 1.29 is 10.4 Å². The average Bonchev–Trinajstić information content (AvgIpc) is 2.58. The van der Waals surface area contributed by atoms with Gasteiger partial charge in [-0.25, -0.2) is 0 Å². The summed E-state index contributed by atoms with van der Waals surface area (Å²) >= 11 is 0. The lowest BCUT2D eigenvalue weighted by Crippen LogP contribution is -3.03. The number of quaternary nitrogens is 1. The van der Waals surface area contributed by atoms with Crippen LogP contribution in [0.4, 0.5) is 0 Å². The Balaban J connectivity index is 1.49. The zero-order chi connectivity index (χ0) is 17.4. The first-order chi connectivity index (χ1) is 12.0. The van der Waals surface area contributed by atoms with Crippen LogP contribution < -0.4 is 10.6 Å². The molecule has 0 amide bonds. The van der Waals surface area contributed by atoms with Crippen molar-refractivity contribution in [3.05, 3.63) is 0 Å². The molecular weight excluding hydrogens is 308 g/mol. The monoisotopic (exact) mass is 349 g/mol. The summed E-state index contributed by atoms with van der Waals surface area (Å²) in [5, 5.41) is 17.9. The molecule has 1 heterocycles. The summed E-state index contributed by atoms with van der Waals surface area (Å²) in [6.07, 6.45) is 14.9. The van der Waals surface area contributed by atoms with E-state index in [9.17, 15) is 5.11 Å². The van der Waals surface area contributed by atoms with E-state index >= 15 is 0 Å². The summed E-state index contributed by atoms with van der Waals surface area (Å²) in [7, 11) is 0. The second-order valence-electron chi connectivity index (χ2n) is 10.6. The number of rotatable bonds is 3. The van der Waals surface area contributed by atoms with Crippen molar-refractivity contribution in [2.75, 3.05) is 6.54 Å². The molecule has 4 rings (SSSR count). The normalized spacial score (nSPS) is 44.8. The van der Waals surface area contributed by atoms with E-state index < -0.39 is 0 Å². The summed E-state index contributed by atoms with van der Waals surface area (Å²) in [6.45, 7) is 5.92. The van der Waals surface area contributed by atoms with E-state index in [1.807, 2.05) is 0 Å². The predicted molar refractivity (Wildman–Crippen MR) is 102 cm³/mol. The van der Waals surface area contributed by atoms with E-state index in [-0.39, 0.29) is 6.10 Å². The van der Waals surface area contributed by atoms with Gasteiger partial charge in [0, 0.05) is 18.4 Å². The number of piperidine rings is 1. The molecule has 4 aliphatic rings. The zero-order valence-corrected chi connectivity index (χ0v) is 16.6. The van der Waals surface area contributed by atoms with Gasteiger partial charge < -0.3 is 15.7 Å². The van der Waals surface area contributed by atoms with Crippen molar-refractivity contribution in [2.24, 2.45) is 23.2 Å². The number of nitrogens with two attached hydrogens (primary N) is 1. The molecule has 1 saturated heterocycles. The molecule has 6 unspecified atom stereocenters. The van der Waals surface area contributed by atoms with Crippen molar-refractivity contribution in [3.8, 4) is 0 Å². The minimum absolute atomic E-state index is 0.114. The lowest BCUT2D eigenvalue weighted by molar-refractivity contribution is -0.752. The third-order valence-corrected chi connectivity index (χ3v) is 8.10. The van der Waals surface area contributed by atoms with Crippen LogP contribution in [-0.4, -0.2) is 35.9 Å². The molecule has 0 aromatic heterocycles. The quantitative estimate of drug-likeness (QED) is 0.734. The molecule has 6 atom stereocenters. The molecule has 0 radical (unpaired) electrons. The predicted octanol–water partition coefficient (Wildman–Crippen LogP) is 2.83. The molecule has 3 aliphatic carbocycles. The Kier molecular flexibility index (Phi) is 5.46. The Morgan fingerprint density at radius 3 is 2.44 bits per heavy atom. The number of aliphatic hydroxyl groups excluding tert-OH is 1. The molecule has 0 aromatic carbocycles. The summed E-state index contributed by atoms with van der Waals surface area (Å²) in [5.41, 5.74) is 0.298. The molecule has 3 nitrogen and oxygen atoms in total. The Bertz CT molecular complexity index is 445. The number of nitrogens with one attached hydrogen (secondary N) is 1. The van der Waals surface area contributed by atoms with Gasteiger partial charge in [-0.15, -0.1) is 0 Å². The smallest absolute Gasteiger partial charge is 0.0935 e. The van der Waals surface area contributed by atoms with Gasteiger partial charge in [0.1, 0.15) is 0 Å². The van der Waals surface area contributed by atoms with Crippen molar-refractivity contribution in [1.29, 1.82) is 0 Å². The van der Waals surface area contributed by atoms with Crippen LogP contribution in [0.5, 0.6) is 0 Å². The van der Waals surface area contributed by atoms with Gasteiger partial charge >= 0.3 is 0 Å². The molecule has 25 heavy (non-hydrogen) atoms. The van der Waals surface area contributed by atoms with Gasteiger partial charge in [0.2, 0.25) is 0 Å². The van der Waals surface area contributed by atoms with Crippen LogP contribution in [-0.2, 0) is 0 Å². The summed E-state index contributed by atoms with van der Waals surface area (Å²) in [5.74, 6) is 2.14. The first kappa shape index (κ1) is 18.3. The average molecular weight is 350 g/mol. The molecule has 4 fully saturated rings. The van der Waals surface area contributed by atoms with E-state index in [0.29, 0.717) is 23.4 Å². The second kappa shape index (κ2) is 7.48. The van der Waals surface area contributed by atoms with Gasteiger partial charge in [-0.05, 0) is 56.4 Å². The Morgan fingerprint density at radius 1 is 0.920 bits per heavy atom. The van der Waals surface area contributed by atoms with Gasteiger partial charge in [0.05, 0.1) is 24.1 Å². The lowest BCUT2D eigenvalue weighted by atomic mass is 9.60. The van der Waals surface area contributed by atoms with Crippen LogP contribution in [0.1, 0.15) is 84.5 Å². The van der Waals surface area contributed by atoms with Gasteiger partial charge in [-0.1, -0.05) is 39.5 Å². The van der Waals surface area contributed by atoms with Gasteiger partial charge in [0.15, 0.2) is 0 Å². The summed E-state index contributed by atoms with van der Waals surface area (Å²) < 4.78 is 0. The van der Waals surface area contributed by atoms with E-state index in [1.165, 1.54) is 70.8 Å². The number of aliphatic hydroxyl groups is 1. The number of hydrogen-bond donors (Lipinski definition) is 3. The lowest BCUT2D eigenvalue weighted by Gasteiger charge is -2.54. The fraction of sp³-hybridized carbons (Fsp3) is 1.00. The molecular formula is C22H41N2O+. The highest BCUT2D eigenvalue weighted by Crippen LogP contribution is 2.43. The van der Waals surface area contributed by atoms with Crippen molar-refractivity contribution in [1.82, 2.24) is 5.32 Å². The van der Waals surface area contributed by atoms with E-state index in [1.54, 1.807) is 0 Å². The Labute approximate surface area is 154 Å². The first-order valence-corrected chi connectivity index (χ1v) is 11.3. The molecule has 0 bridgehead atoms. The Hall–Kier alpha value is -0.120. The maximum absolute atomic E-state index is 11.1. The molecule has 144 valence electrons. The topological polar surface area (TPSA) is 48.9 Å². The SMILES string of the molecule is CC1(C)CC(O)C2C(C1)[NH2+]C1CCCCC1C2NCC1CCCCC1. The van der Waals surface area contributed by atoms with E-state index in [2.05, 4.69) is 24.5 Å². The molecule has 0 spiro atoms. The van der Waals surface area contributed by atoms with Crippen LogP contribution in [0.3, 0.4) is 0 Å². The molecule has 3 heteroatoms. The largest absolute Gasteiger partial charge is 0.393 e. The fourth-order valence-corrected chi connectivity index (χ4v) is 7.00. The van der Waals surface area contributed by atoms with Crippen molar-refractivity contribution in [3.63, 3.8) is 0 Å². The maximum Gasteiger partial charge on any atom is 0.0935 e. The van der Waals surface area contributed by atoms with Crippen LogP contribution in [0.25, 0.3) is 0 Å². The highest BCUT2D eigenvalue weighted by Gasteiger charge is 2.54. The summed E-state index contributed by atoms with van der Waals surface area (Å²) in [4.78, 5) is 0. The third kappa shape index (κ3) is 3.94. The van der Waals surface area contributed by atoms with Crippen LogP contribution in [0.15, 0.2) is 0 Å². The van der Waals surface area contributed by atoms with Gasteiger partial charge in [0.25, 0.3) is 0 Å². The fourth-order valence-electron chi connectivity index (χ4n) is 7.00. The maximum atomic E-state index is 11.1. The standard InChI is InChI=1S/C22H40N2O/c1-22(2)12-18-20(19(25)13-22)21(16-10-6-7-11-17(16)24-18)23-14-15-8-4-3-5-9-15/h15-21,23-25H,3-14H2,1-2H3/p+1. The Morgan fingerprint density at radius 2 is 1.64 bits per heavy atom. The van der Waals surface area contributed by atoms with Crippen LogP contribution >= 0.6 is 0 Å². The minimum atomic E-state index is -0.114. The van der Waals surface area contributed by atoms with E-state index in [4.69, 9.17) is 0 Å². The van der Waals surface area contributed by atoms with Gasteiger partial charge in [-0.2, -0.15) is 0 Å².